The van der Waals surface area contributed by atoms with Crippen molar-refractivity contribution < 1.29 is 4.79 Å². The van der Waals surface area contributed by atoms with Crippen molar-refractivity contribution in [1.82, 2.24) is 19.7 Å². The van der Waals surface area contributed by atoms with E-state index in [0.717, 1.165) is 16.8 Å². The molecular weight excluding hydrogens is 420 g/mol. The third-order valence-electron chi connectivity index (χ3n) is 4.77. The number of aromatic nitrogens is 4. The van der Waals surface area contributed by atoms with Gasteiger partial charge in [-0.05, 0) is 56.3 Å². The van der Waals surface area contributed by atoms with Gasteiger partial charge in [-0.3, -0.25) is 14.3 Å². The molecule has 4 rings (SSSR count). The van der Waals surface area contributed by atoms with Gasteiger partial charge in [-0.15, -0.1) is 10.2 Å². The lowest BCUT2D eigenvalue weighted by Crippen LogP contribution is -2.23. The molecule has 0 saturated carbocycles. The van der Waals surface area contributed by atoms with E-state index in [1.54, 1.807) is 36.7 Å². The highest BCUT2D eigenvalue weighted by atomic mass is 32.2. The second-order valence-electron chi connectivity index (χ2n) is 7.15. The number of hydrogen-bond donors (Lipinski definition) is 1. The standard InChI is InChI=1S/C24H20N6OS/c1-16-6-8-21(9-7-16)30-22(19-10-12-26-13-11-19)28-29-24(30)32-17(2)23(31)27-20-5-3-4-18(14-20)15-25/h3-14,17H,1-2H3,(H,27,31)/t17-/m1/s1. The summed E-state index contributed by atoms with van der Waals surface area (Å²) in [6, 6.07) is 20.7. The van der Waals surface area contributed by atoms with E-state index in [0.29, 0.717) is 22.2 Å². The summed E-state index contributed by atoms with van der Waals surface area (Å²) >= 11 is 1.32. The number of aryl methyl sites for hydroxylation is 1. The predicted molar refractivity (Wildman–Crippen MR) is 124 cm³/mol. The minimum absolute atomic E-state index is 0.186. The third kappa shape index (κ3) is 4.68. The Kier molecular flexibility index (Phi) is 6.29. The number of benzene rings is 2. The van der Waals surface area contributed by atoms with Gasteiger partial charge in [-0.1, -0.05) is 35.5 Å². The fourth-order valence-corrected chi connectivity index (χ4v) is 3.95. The monoisotopic (exact) mass is 440 g/mol. The van der Waals surface area contributed by atoms with Crippen molar-refractivity contribution in [1.29, 1.82) is 5.26 Å². The molecule has 8 heteroatoms. The van der Waals surface area contributed by atoms with Crippen molar-refractivity contribution in [3.05, 3.63) is 84.2 Å². The smallest absolute Gasteiger partial charge is 0.237 e. The van der Waals surface area contributed by atoms with Gasteiger partial charge >= 0.3 is 0 Å². The highest BCUT2D eigenvalue weighted by Crippen LogP contribution is 2.30. The summed E-state index contributed by atoms with van der Waals surface area (Å²) < 4.78 is 1.94. The summed E-state index contributed by atoms with van der Waals surface area (Å²) in [6.45, 7) is 3.84. The molecule has 4 aromatic rings. The predicted octanol–water partition coefficient (Wildman–Crippen LogP) is 4.63. The summed E-state index contributed by atoms with van der Waals surface area (Å²) in [7, 11) is 0. The molecule has 0 fully saturated rings. The van der Waals surface area contributed by atoms with E-state index in [1.165, 1.54) is 11.8 Å². The average molecular weight is 441 g/mol. The third-order valence-corrected chi connectivity index (χ3v) is 5.82. The second-order valence-corrected chi connectivity index (χ2v) is 8.46. The van der Waals surface area contributed by atoms with Gasteiger partial charge in [0.15, 0.2) is 11.0 Å². The SMILES string of the molecule is Cc1ccc(-n2c(S[C@H](C)C(=O)Nc3cccc(C#N)c3)nnc2-c2ccncc2)cc1. The summed E-state index contributed by atoms with van der Waals surface area (Å²) in [5.74, 6) is 0.488. The van der Waals surface area contributed by atoms with Crippen LogP contribution in [0.1, 0.15) is 18.1 Å². The lowest BCUT2D eigenvalue weighted by Gasteiger charge is -2.14. The molecule has 2 heterocycles. The number of hydrogen-bond acceptors (Lipinski definition) is 6. The summed E-state index contributed by atoms with van der Waals surface area (Å²) in [5.41, 5.74) is 4.01. The van der Waals surface area contributed by atoms with E-state index in [4.69, 9.17) is 5.26 Å². The van der Waals surface area contributed by atoms with Crippen molar-refractivity contribution in [2.75, 3.05) is 5.32 Å². The molecule has 7 nitrogen and oxygen atoms in total. The highest BCUT2D eigenvalue weighted by Gasteiger charge is 2.22. The zero-order valence-corrected chi connectivity index (χ0v) is 18.4. The van der Waals surface area contributed by atoms with Crippen molar-refractivity contribution in [3.63, 3.8) is 0 Å². The van der Waals surface area contributed by atoms with Crippen molar-refractivity contribution in [2.24, 2.45) is 0 Å². The van der Waals surface area contributed by atoms with Gasteiger partial charge in [0.05, 0.1) is 16.9 Å². The second kappa shape index (κ2) is 9.45. The number of amides is 1. The molecule has 1 N–H and O–H groups in total. The number of pyridine rings is 1. The molecule has 0 radical (unpaired) electrons. The Morgan fingerprint density at radius 3 is 2.56 bits per heavy atom. The molecule has 0 bridgehead atoms. The molecule has 2 aromatic carbocycles. The quantitative estimate of drug-likeness (QED) is 0.439. The van der Waals surface area contributed by atoms with Crippen LogP contribution in [0.5, 0.6) is 0 Å². The fraction of sp³-hybridized carbons (Fsp3) is 0.125. The minimum atomic E-state index is -0.445. The highest BCUT2D eigenvalue weighted by molar-refractivity contribution is 8.00. The zero-order chi connectivity index (χ0) is 22.5. The van der Waals surface area contributed by atoms with Crippen molar-refractivity contribution in [3.8, 4) is 23.1 Å². The van der Waals surface area contributed by atoms with Crippen LogP contribution in [-0.2, 0) is 4.79 Å². The summed E-state index contributed by atoms with van der Waals surface area (Å²) in [5, 5.41) is 20.9. The Morgan fingerprint density at radius 2 is 1.84 bits per heavy atom. The van der Waals surface area contributed by atoms with Gasteiger partial charge < -0.3 is 5.32 Å². The average Bonchev–Trinajstić information content (AvgIpc) is 3.23. The normalized spacial score (nSPS) is 11.5. The van der Waals surface area contributed by atoms with Crippen LogP contribution in [0.4, 0.5) is 5.69 Å². The van der Waals surface area contributed by atoms with Gasteiger partial charge in [-0.2, -0.15) is 5.26 Å². The first-order valence-corrected chi connectivity index (χ1v) is 10.8. The van der Waals surface area contributed by atoms with Crippen molar-refractivity contribution >= 4 is 23.4 Å². The Morgan fingerprint density at radius 1 is 1.09 bits per heavy atom. The molecule has 0 spiro atoms. The molecule has 0 aliphatic carbocycles. The Hall–Kier alpha value is -3.96. The number of nitriles is 1. The molecule has 0 aliphatic heterocycles. The molecule has 2 aromatic heterocycles. The van der Waals surface area contributed by atoms with E-state index in [2.05, 4.69) is 26.6 Å². The number of rotatable bonds is 6. The van der Waals surface area contributed by atoms with Crippen LogP contribution in [0.25, 0.3) is 17.1 Å². The maximum Gasteiger partial charge on any atom is 0.237 e. The van der Waals surface area contributed by atoms with E-state index >= 15 is 0 Å². The molecule has 1 amide bonds. The molecule has 0 unspecified atom stereocenters. The lowest BCUT2D eigenvalue weighted by atomic mass is 10.2. The van der Waals surface area contributed by atoms with Crippen molar-refractivity contribution in [2.45, 2.75) is 24.3 Å². The molecule has 0 saturated heterocycles. The van der Waals surface area contributed by atoms with Gasteiger partial charge in [0, 0.05) is 29.3 Å². The maximum absolute atomic E-state index is 12.8. The molecular formula is C24H20N6OS. The van der Waals surface area contributed by atoms with Gasteiger partial charge in [0.25, 0.3) is 0 Å². The number of anilines is 1. The van der Waals surface area contributed by atoms with E-state index in [-0.39, 0.29) is 5.91 Å². The Bertz CT molecular complexity index is 1280. The lowest BCUT2D eigenvalue weighted by molar-refractivity contribution is -0.115. The van der Waals surface area contributed by atoms with Crippen LogP contribution in [0, 0.1) is 18.3 Å². The van der Waals surface area contributed by atoms with Crippen LogP contribution in [0.2, 0.25) is 0 Å². The Balaban J connectivity index is 1.63. The summed E-state index contributed by atoms with van der Waals surface area (Å²) in [4.78, 5) is 16.9. The van der Waals surface area contributed by atoms with Crippen LogP contribution in [0.3, 0.4) is 0 Å². The van der Waals surface area contributed by atoms with Crippen LogP contribution in [0.15, 0.2) is 78.2 Å². The van der Waals surface area contributed by atoms with Gasteiger partial charge in [-0.25, -0.2) is 0 Å². The van der Waals surface area contributed by atoms with Crippen LogP contribution in [-0.4, -0.2) is 30.9 Å². The molecule has 1 atom stereocenters. The number of thioether (sulfide) groups is 1. The number of nitrogens with zero attached hydrogens (tertiary/aromatic N) is 5. The number of nitrogens with one attached hydrogen (secondary N) is 1. The minimum Gasteiger partial charge on any atom is -0.325 e. The Labute approximate surface area is 190 Å². The summed E-state index contributed by atoms with van der Waals surface area (Å²) in [6.07, 6.45) is 3.42. The molecule has 158 valence electrons. The first-order chi connectivity index (χ1) is 15.5. The van der Waals surface area contributed by atoms with Crippen LogP contribution < -0.4 is 5.32 Å². The van der Waals surface area contributed by atoms with Gasteiger partial charge in [0.1, 0.15) is 0 Å². The van der Waals surface area contributed by atoms with E-state index < -0.39 is 5.25 Å². The fourth-order valence-electron chi connectivity index (χ4n) is 3.08. The molecule has 0 aliphatic rings. The van der Waals surface area contributed by atoms with E-state index in [9.17, 15) is 4.79 Å². The zero-order valence-electron chi connectivity index (χ0n) is 17.6. The first-order valence-electron chi connectivity index (χ1n) is 9.95. The topological polar surface area (TPSA) is 96.5 Å². The first kappa shape index (κ1) is 21.3. The van der Waals surface area contributed by atoms with Crippen LogP contribution >= 0.6 is 11.8 Å². The van der Waals surface area contributed by atoms with Gasteiger partial charge in [0.2, 0.25) is 5.91 Å². The largest absolute Gasteiger partial charge is 0.325 e. The number of carbonyl (C=O) groups is 1. The maximum atomic E-state index is 12.8. The number of carbonyl (C=O) groups excluding carboxylic acids is 1. The van der Waals surface area contributed by atoms with E-state index in [1.807, 2.05) is 54.8 Å². The molecule has 32 heavy (non-hydrogen) atoms.